The van der Waals surface area contributed by atoms with E-state index in [1.165, 1.54) is 18.7 Å². The van der Waals surface area contributed by atoms with Gasteiger partial charge in [0.25, 0.3) is 0 Å². The molecule has 0 unspecified atom stereocenters. The van der Waals surface area contributed by atoms with Crippen LogP contribution < -0.4 is 38.5 Å². The highest BCUT2D eigenvalue weighted by Gasteiger charge is 2.32. The molecule has 0 saturated carbocycles. The number of carbonyl (C=O) groups is 5. The molecular formula is C31H49N9O6S. The number of aromatic amines is 1. The highest BCUT2D eigenvalue weighted by Crippen LogP contribution is 2.19. The number of thioether (sulfide) groups is 1. The summed E-state index contributed by atoms with van der Waals surface area (Å²) in [6.07, 6.45) is 4.93. The van der Waals surface area contributed by atoms with Gasteiger partial charge in [0.1, 0.15) is 24.2 Å². The van der Waals surface area contributed by atoms with Crippen molar-refractivity contribution < 1.29 is 29.1 Å². The van der Waals surface area contributed by atoms with Gasteiger partial charge < -0.3 is 48.6 Å². The van der Waals surface area contributed by atoms with Gasteiger partial charge in [0.05, 0.1) is 6.04 Å². The zero-order valence-electron chi connectivity index (χ0n) is 27.4. The summed E-state index contributed by atoms with van der Waals surface area (Å²) in [5, 5.41) is 20.8. The van der Waals surface area contributed by atoms with Crippen molar-refractivity contribution in [2.45, 2.75) is 83.1 Å². The van der Waals surface area contributed by atoms with Gasteiger partial charge in [0.15, 0.2) is 5.96 Å². The van der Waals surface area contributed by atoms with Crippen molar-refractivity contribution in [3.05, 3.63) is 36.0 Å². The predicted octanol–water partition coefficient (Wildman–Crippen LogP) is -0.0658. The van der Waals surface area contributed by atoms with Gasteiger partial charge in [-0.2, -0.15) is 11.8 Å². The maximum Gasteiger partial charge on any atom is 0.325 e. The number of carbonyl (C=O) groups excluding carboxylic acids is 4. The first-order chi connectivity index (χ1) is 22.2. The van der Waals surface area contributed by atoms with E-state index in [0.717, 1.165) is 16.5 Å². The van der Waals surface area contributed by atoms with Crippen LogP contribution in [0.5, 0.6) is 0 Å². The van der Waals surface area contributed by atoms with Gasteiger partial charge in [0.2, 0.25) is 23.6 Å². The molecular weight excluding hydrogens is 626 g/mol. The second-order valence-electron chi connectivity index (χ2n) is 11.8. The van der Waals surface area contributed by atoms with Crippen LogP contribution in [-0.2, 0) is 30.4 Å². The Balaban J connectivity index is 2.24. The van der Waals surface area contributed by atoms with Crippen LogP contribution in [0.25, 0.3) is 10.9 Å². The van der Waals surface area contributed by atoms with Gasteiger partial charge in [-0.05, 0) is 62.2 Å². The number of fused-ring (bicyclic) bond motifs is 1. The fraction of sp³-hybridized carbons (Fsp3) is 0.548. The number of aliphatic imine (C=N–C) groups is 1. The standard InChI is InChI=1S/C31H49N9O6S/c1-17(2)14-24(39-27(42)23(11-13-47-4)38-26(41)21(32)9-7-12-35-31(33)34)29(44)40-25(28(43)37-18(3)30(45)46)15-19-16-36-22-10-6-5-8-20(19)22/h5-6,8,10,16-18,21,23-25,36H,7,9,11-15,32H2,1-4H3,(H,37,43)(H,38,41)(H,39,42)(H,40,44)(H,45,46)(H4,33,34,35)/t18-,21-,23-,24-,25-/m0/s1. The molecule has 0 fully saturated rings. The zero-order chi connectivity index (χ0) is 35.1. The van der Waals surface area contributed by atoms with Gasteiger partial charge >= 0.3 is 5.97 Å². The van der Waals surface area contributed by atoms with Gasteiger partial charge in [-0.3, -0.25) is 29.0 Å². The number of nitrogens with zero attached hydrogens (tertiary/aromatic N) is 1. The largest absolute Gasteiger partial charge is 0.480 e. The Morgan fingerprint density at radius 2 is 1.51 bits per heavy atom. The summed E-state index contributed by atoms with van der Waals surface area (Å²) in [4.78, 5) is 71.9. The molecule has 0 bridgehead atoms. The Morgan fingerprint density at radius 3 is 2.15 bits per heavy atom. The number of aromatic nitrogens is 1. The van der Waals surface area contributed by atoms with E-state index in [1.807, 2.05) is 44.4 Å². The van der Waals surface area contributed by atoms with Crippen molar-refractivity contribution in [1.82, 2.24) is 26.3 Å². The fourth-order valence-corrected chi connectivity index (χ4v) is 5.26. The molecule has 2 rings (SSSR count). The lowest BCUT2D eigenvalue weighted by Gasteiger charge is -2.27. The molecule has 47 heavy (non-hydrogen) atoms. The zero-order valence-corrected chi connectivity index (χ0v) is 28.2. The lowest BCUT2D eigenvalue weighted by Crippen LogP contribution is -2.59. The Morgan fingerprint density at radius 1 is 0.894 bits per heavy atom. The summed E-state index contributed by atoms with van der Waals surface area (Å²) in [7, 11) is 0. The smallest absolute Gasteiger partial charge is 0.325 e. The van der Waals surface area contributed by atoms with E-state index in [0.29, 0.717) is 18.7 Å². The lowest BCUT2D eigenvalue weighted by molar-refractivity contribution is -0.141. The fourth-order valence-electron chi connectivity index (χ4n) is 4.79. The van der Waals surface area contributed by atoms with Crippen molar-refractivity contribution in [3.63, 3.8) is 0 Å². The SMILES string of the molecule is CSCC[C@H](NC(=O)[C@@H](N)CCCN=C(N)N)C(=O)N[C@@H](CC(C)C)C(=O)N[C@@H](Cc1c[nH]c2ccccc12)C(=O)N[C@@H](C)C(=O)O. The Hall–Kier alpha value is -4.31. The maximum absolute atomic E-state index is 13.7. The topological polar surface area (TPSA) is 260 Å². The minimum atomic E-state index is -1.23. The molecule has 0 aliphatic carbocycles. The number of nitrogens with one attached hydrogen (secondary N) is 5. The molecule has 15 nitrogen and oxygen atoms in total. The van der Waals surface area contributed by atoms with Crippen molar-refractivity contribution in [1.29, 1.82) is 0 Å². The molecule has 12 N–H and O–H groups in total. The number of benzene rings is 1. The summed E-state index contributed by atoms with van der Waals surface area (Å²) in [5.41, 5.74) is 18.3. The van der Waals surface area contributed by atoms with E-state index >= 15 is 0 Å². The van der Waals surface area contributed by atoms with E-state index in [2.05, 4.69) is 31.2 Å². The lowest BCUT2D eigenvalue weighted by atomic mass is 10.00. The van der Waals surface area contributed by atoms with E-state index < -0.39 is 59.8 Å². The molecule has 4 amide bonds. The Bertz CT molecular complexity index is 1390. The van der Waals surface area contributed by atoms with Crippen molar-refractivity contribution >= 4 is 58.2 Å². The number of guanidine groups is 1. The first-order valence-electron chi connectivity index (χ1n) is 15.5. The summed E-state index contributed by atoms with van der Waals surface area (Å²) in [6, 6.07) is 2.17. The normalized spacial score (nSPS) is 14.3. The van der Waals surface area contributed by atoms with Gasteiger partial charge in [-0.1, -0.05) is 32.0 Å². The van der Waals surface area contributed by atoms with E-state index in [9.17, 15) is 29.1 Å². The molecule has 1 aromatic carbocycles. The van der Waals surface area contributed by atoms with E-state index in [4.69, 9.17) is 17.2 Å². The molecule has 5 atom stereocenters. The van der Waals surface area contributed by atoms with Crippen LogP contribution in [0.2, 0.25) is 0 Å². The third-order valence-corrected chi connectivity index (χ3v) is 7.99. The summed E-state index contributed by atoms with van der Waals surface area (Å²) < 4.78 is 0. The Labute approximate surface area is 279 Å². The predicted molar refractivity (Wildman–Crippen MR) is 183 cm³/mol. The molecule has 0 aliphatic heterocycles. The third-order valence-electron chi connectivity index (χ3n) is 7.35. The van der Waals surface area contributed by atoms with Crippen LogP contribution in [0.15, 0.2) is 35.5 Å². The van der Waals surface area contributed by atoms with Gasteiger partial charge in [-0.15, -0.1) is 0 Å². The molecule has 0 aliphatic rings. The average molecular weight is 676 g/mol. The molecule has 0 spiro atoms. The van der Waals surface area contributed by atoms with Crippen molar-refractivity contribution in [2.75, 3.05) is 18.6 Å². The number of aliphatic carboxylic acids is 1. The summed E-state index contributed by atoms with van der Waals surface area (Å²) >= 11 is 1.49. The van der Waals surface area contributed by atoms with Gasteiger partial charge in [-0.25, -0.2) is 0 Å². The average Bonchev–Trinajstić information content (AvgIpc) is 3.42. The van der Waals surface area contributed by atoms with Crippen molar-refractivity contribution in [3.8, 4) is 0 Å². The maximum atomic E-state index is 13.7. The van der Waals surface area contributed by atoms with E-state index in [1.54, 1.807) is 6.20 Å². The number of rotatable bonds is 20. The summed E-state index contributed by atoms with van der Waals surface area (Å²) in [6.45, 7) is 5.39. The summed E-state index contributed by atoms with van der Waals surface area (Å²) in [5.74, 6) is -3.18. The first-order valence-corrected chi connectivity index (χ1v) is 16.9. The number of nitrogens with two attached hydrogens (primary N) is 3. The van der Waals surface area contributed by atoms with Crippen LogP contribution in [0, 0.1) is 5.92 Å². The highest BCUT2D eigenvalue weighted by atomic mass is 32.2. The van der Waals surface area contributed by atoms with Crippen LogP contribution in [-0.4, -0.2) is 94.4 Å². The number of carboxylic acids is 1. The molecule has 2 aromatic rings. The Kier molecular flexibility index (Phi) is 16.0. The minimum absolute atomic E-state index is 0.0307. The van der Waals surface area contributed by atoms with Crippen LogP contribution >= 0.6 is 11.8 Å². The number of para-hydroxylation sites is 1. The number of hydrogen-bond donors (Lipinski definition) is 9. The number of carboxylic acid groups (broad SMARTS) is 1. The monoisotopic (exact) mass is 675 g/mol. The third kappa shape index (κ3) is 13.1. The quantitative estimate of drug-likeness (QED) is 0.0513. The second-order valence-corrected chi connectivity index (χ2v) is 12.8. The number of hydrogen-bond acceptors (Lipinski definition) is 8. The van der Waals surface area contributed by atoms with Gasteiger partial charge in [0, 0.05) is 30.1 Å². The molecule has 0 radical (unpaired) electrons. The van der Waals surface area contributed by atoms with Crippen LogP contribution in [0.4, 0.5) is 0 Å². The second kappa shape index (κ2) is 19.4. The van der Waals surface area contributed by atoms with Crippen LogP contribution in [0.3, 0.4) is 0 Å². The molecule has 1 aromatic heterocycles. The highest BCUT2D eigenvalue weighted by molar-refractivity contribution is 7.98. The van der Waals surface area contributed by atoms with Crippen LogP contribution in [0.1, 0.15) is 52.0 Å². The molecule has 260 valence electrons. The number of amides is 4. The van der Waals surface area contributed by atoms with E-state index in [-0.39, 0.29) is 37.6 Å². The molecule has 16 heteroatoms. The first kappa shape index (κ1) is 38.9. The van der Waals surface area contributed by atoms with Crippen molar-refractivity contribution in [2.24, 2.45) is 28.1 Å². The minimum Gasteiger partial charge on any atom is -0.480 e. The molecule has 1 heterocycles. The number of H-pyrrole nitrogens is 1. The molecule has 0 saturated heterocycles.